The molecule has 2 heterocycles. The Morgan fingerprint density at radius 2 is 2.27 bits per heavy atom. The molecule has 2 aromatic rings. The summed E-state index contributed by atoms with van der Waals surface area (Å²) in [6.07, 6.45) is 7.30. The predicted molar refractivity (Wildman–Crippen MR) is 58.2 cm³/mol. The lowest BCUT2D eigenvalue weighted by molar-refractivity contribution is 0.658. The van der Waals surface area contributed by atoms with E-state index in [4.69, 9.17) is 5.73 Å². The van der Waals surface area contributed by atoms with Crippen molar-refractivity contribution in [2.75, 3.05) is 0 Å². The van der Waals surface area contributed by atoms with Crippen LogP contribution in [0.3, 0.4) is 0 Å². The minimum absolute atomic E-state index is 0.140. The van der Waals surface area contributed by atoms with Crippen molar-refractivity contribution in [2.45, 2.75) is 19.5 Å². The number of aromatic nitrogens is 3. The molecule has 2 N–H and O–H groups in total. The zero-order valence-corrected chi connectivity index (χ0v) is 8.67. The van der Waals surface area contributed by atoms with Gasteiger partial charge < -0.3 is 5.73 Å². The van der Waals surface area contributed by atoms with E-state index in [1.165, 1.54) is 0 Å². The minimum Gasteiger partial charge on any atom is -0.320 e. The van der Waals surface area contributed by atoms with Crippen LogP contribution in [0.25, 0.3) is 0 Å². The van der Waals surface area contributed by atoms with Gasteiger partial charge in [-0.1, -0.05) is 6.07 Å². The fourth-order valence-electron chi connectivity index (χ4n) is 1.47. The lowest BCUT2D eigenvalue weighted by Gasteiger charge is -2.08. The SMILES string of the molecule is CCn1cc(C(N)c2cccnc2)cn1. The summed E-state index contributed by atoms with van der Waals surface area (Å²) < 4.78 is 1.87. The fourth-order valence-corrected chi connectivity index (χ4v) is 1.47. The van der Waals surface area contributed by atoms with Gasteiger partial charge in [-0.05, 0) is 18.6 Å². The van der Waals surface area contributed by atoms with Crippen molar-refractivity contribution in [3.63, 3.8) is 0 Å². The van der Waals surface area contributed by atoms with Crippen LogP contribution >= 0.6 is 0 Å². The molecule has 0 aliphatic carbocycles. The Morgan fingerprint density at radius 3 is 2.87 bits per heavy atom. The third kappa shape index (κ3) is 2.05. The van der Waals surface area contributed by atoms with E-state index >= 15 is 0 Å². The van der Waals surface area contributed by atoms with Gasteiger partial charge in [0, 0.05) is 30.7 Å². The van der Waals surface area contributed by atoms with Gasteiger partial charge in [0.1, 0.15) is 0 Å². The fraction of sp³-hybridized carbons (Fsp3) is 0.273. The Labute approximate surface area is 88.8 Å². The monoisotopic (exact) mass is 202 g/mol. The first-order valence-corrected chi connectivity index (χ1v) is 4.99. The second kappa shape index (κ2) is 4.23. The minimum atomic E-state index is -0.140. The van der Waals surface area contributed by atoms with Crippen LogP contribution in [0.2, 0.25) is 0 Å². The molecule has 0 aliphatic rings. The third-order valence-electron chi connectivity index (χ3n) is 2.38. The van der Waals surface area contributed by atoms with E-state index in [9.17, 15) is 0 Å². The molecule has 0 amide bonds. The van der Waals surface area contributed by atoms with E-state index in [0.29, 0.717) is 0 Å². The Morgan fingerprint density at radius 1 is 1.40 bits per heavy atom. The second-order valence-corrected chi connectivity index (χ2v) is 3.39. The molecule has 0 aliphatic heterocycles. The van der Waals surface area contributed by atoms with Crippen molar-refractivity contribution < 1.29 is 0 Å². The number of rotatable bonds is 3. The molecule has 0 saturated heterocycles. The Bertz CT molecular complexity index is 421. The standard InChI is InChI=1S/C11H14N4/c1-2-15-8-10(7-14-15)11(12)9-4-3-5-13-6-9/h3-8,11H,2,12H2,1H3. The first-order chi connectivity index (χ1) is 7.31. The summed E-state index contributed by atoms with van der Waals surface area (Å²) in [4.78, 5) is 4.05. The summed E-state index contributed by atoms with van der Waals surface area (Å²) in [5.41, 5.74) is 8.12. The van der Waals surface area contributed by atoms with Gasteiger partial charge in [-0.2, -0.15) is 5.10 Å². The summed E-state index contributed by atoms with van der Waals surface area (Å²) >= 11 is 0. The maximum Gasteiger partial charge on any atom is 0.0598 e. The molecule has 1 atom stereocenters. The number of aryl methyl sites for hydroxylation is 1. The molecule has 2 rings (SSSR count). The first kappa shape index (κ1) is 9.86. The Kier molecular flexibility index (Phi) is 2.78. The van der Waals surface area contributed by atoms with Crippen LogP contribution in [0.4, 0.5) is 0 Å². The van der Waals surface area contributed by atoms with Gasteiger partial charge in [-0.15, -0.1) is 0 Å². The molecule has 1 unspecified atom stereocenters. The largest absolute Gasteiger partial charge is 0.320 e. The first-order valence-electron chi connectivity index (χ1n) is 4.99. The molecule has 2 aromatic heterocycles. The molecular weight excluding hydrogens is 188 g/mol. The van der Waals surface area contributed by atoms with Crippen molar-refractivity contribution in [3.05, 3.63) is 48.0 Å². The second-order valence-electron chi connectivity index (χ2n) is 3.39. The molecule has 4 nitrogen and oxygen atoms in total. The van der Waals surface area contributed by atoms with Gasteiger partial charge in [0.05, 0.1) is 12.2 Å². The van der Waals surface area contributed by atoms with Crippen molar-refractivity contribution in [1.29, 1.82) is 0 Å². The van der Waals surface area contributed by atoms with Gasteiger partial charge >= 0.3 is 0 Å². The molecule has 0 radical (unpaired) electrons. The number of pyridine rings is 1. The van der Waals surface area contributed by atoms with Gasteiger partial charge in [0.25, 0.3) is 0 Å². The highest BCUT2D eigenvalue weighted by atomic mass is 15.3. The van der Waals surface area contributed by atoms with Crippen LogP contribution in [0.1, 0.15) is 24.1 Å². The maximum absolute atomic E-state index is 6.09. The van der Waals surface area contributed by atoms with Gasteiger partial charge in [0.2, 0.25) is 0 Å². The number of nitrogens with two attached hydrogens (primary N) is 1. The Hall–Kier alpha value is -1.68. The van der Waals surface area contributed by atoms with Crippen molar-refractivity contribution >= 4 is 0 Å². The molecule has 0 spiro atoms. The van der Waals surface area contributed by atoms with E-state index in [2.05, 4.69) is 10.1 Å². The van der Waals surface area contributed by atoms with Crippen LogP contribution in [-0.2, 0) is 6.54 Å². The zero-order chi connectivity index (χ0) is 10.7. The highest BCUT2D eigenvalue weighted by molar-refractivity contribution is 5.25. The summed E-state index contributed by atoms with van der Waals surface area (Å²) in [5, 5.41) is 4.20. The molecule has 78 valence electrons. The molecule has 4 heteroatoms. The summed E-state index contributed by atoms with van der Waals surface area (Å²) in [6, 6.07) is 3.72. The molecular formula is C11H14N4. The number of hydrogen-bond donors (Lipinski definition) is 1. The van der Waals surface area contributed by atoms with Crippen molar-refractivity contribution in [1.82, 2.24) is 14.8 Å². The molecule has 15 heavy (non-hydrogen) atoms. The lowest BCUT2D eigenvalue weighted by Crippen LogP contribution is -2.11. The third-order valence-corrected chi connectivity index (χ3v) is 2.38. The highest BCUT2D eigenvalue weighted by Crippen LogP contribution is 2.17. The van der Waals surface area contributed by atoms with Crippen LogP contribution in [0.15, 0.2) is 36.9 Å². The van der Waals surface area contributed by atoms with E-state index in [1.54, 1.807) is 18.6 Å². The lowest BCUT2D eigenvalue weighted by atomic mass is 10.1. The summed E-state index contributed by atoms with van der Waals surface area (Å²) in [7, 11) is 0. The molecule has 0 saturated carbocycles. The average Bonchev–Trinajstić information content (AvgIpc) is 2.78. The topological polar surface area (TPSA) is 56.7 Å². The van der Waals surface area contributed by atoms with Crippen molar-refractivity contribution in [2.24, 2.45) is 5.73 Å². The average molecular weight is 202 g/mol. The smallest absolute Gasteiger partial charge is 0.0598 e. The quantitative estimate of drug-likeness (QED) is 0.817. The summed E-state index contributed by atoms with van der Waals surface area (Å²) in [5.74, 6) is 0. The van der Waals surface area contributed by atoms with E-state index in [-0.39, 0.29) is 6.04 Å². The van der Waals surface area contributed by atoms with E-state index in [1.807, 2.05) is 29.9 Å². The molecule has 0 bridgehead atoms. The summed E-state index contributed by atoms with van der Waals surface area (Å²) in [6.45, 7) is 2.91. The van der Waals surface area contributed by atoms with Gasteiger partial charge in [0.15, 0.2) is 0 Å². The van der Waals surface area contributed by atoms with E-state index < -0.39 is 0 Å². The van der Waals surface area contributed by atoms with Gasteiger partial charge in [-0.25, -0.2) is 0 Å². The molecule has 0 aromatic carbocycles. The normalized spacial score (nSPS) is 12.7. The van der Waals surface area contributed by atoms with Crippen molar-refractivity contribution in [3.8, 4) is 0 Å². The highest BCUT2D eigenvalue weighted by Gasteiger charge is 2.10. The van der Waals surface area contributed by atoms with E-state index in [0.717, 1.165) is 17.7 Å². The predicted octanol–water partition coefficient (Wildman–Crippen LogP) is 1.35. The van der Waals surface area contributed by atoms with Crippen LogP contribution in [0.5, 0.6) is 0 Å². The zero-order valence-electron chi connectivity index (χ0n) is 8.67. The molecule has 0 fully saturated rings. The Balaban J connectivity index is 2.24. The van der Waals surface area contributed by atoms with Gasteiger partial charge in [-0.3, -0.25) is 9.67 Å². The number of nitrogens with zero attached hydrogens (tertiary/aromatic N) is 3. The number of hydrogen-bond acceptors (Lipinski definition) is 3. The maximum atomic E-state index is 6.09. The van der Waals surface area contributed by atoms with Crippen LogP contribution in [0, 0.1) is 0 Å². The van der Waals surface area contributed by atoms with Crippen LogP contribution < -0.4 is 5.73 Å². The van der Waals surface area contributed by atoms with Crippen LogP contribution in [-0.4, -0.2) is 14.8 Å².